The van der Waals surface area contributed by atoms with Crippen LogP contribution in [0, 0.1) is 0 Å². The Labute approximate surface area is 175 Å². The van der Waals surface area contributed by atoms with Crippen LogP contribution in [0.4, 0.5) is 21.9 Å². The quantitative estimate of drug-likeness (QED) is 0.753. The maximum absolute atomic E-state index is 12.5. The highest BCUT2D eigenvalue weighted by Crippen LogP contribution is 2.34. The predicted octanol–water partition coefficient (Wildman–Crippen LogP) is 3.32. The van der Waals surface area contributed by atoms with Gasteiger partial charge in [0.1, 0.15) is 6.61 Å². The van der Waals surface area contributed by atoms with Crippen LogP contribution in [0.5, 0.6) is 0 Å². The largest absolute Gasteiger partial charge is 0.444 e. The van der Waals surface area contributed by atoms with Crippen LogP contribution in [-0.2, 0) is 11.3 Å². The van der Waals surface area contributed by atoms with E-state index in [0.29, 0.717) is 30.9 Å². The summed E-state index contributed by atoms with van der Waals surface area (Å²) < 4.78 is 5.37. The standard InChI is InChI=1S/C22H26N4O4/c1-24(2)21(27)15-7-8-20(18(13-15)23-29)25-11-9-17(10-12-25)26-19-6-4-3-5-16(19)14-30-22(26)28/h3-8,13,17,23,29H,9-12,14H2,1-2H3. The van der Waals surface area contributed by atoms with Gasteiger partial charge in [-0.05, 0) is 37.1 Å². The minimum Gasteiger partial charge on any atom is -0.444 e. The molecule has 2 N–H and O–H groups in total. The Morgan fingerprint density at radius 3 is 2.57 bits per heavy atom. The topological polar surface area (TPSA) is 85.4 Å². The van der Waals surface area contributed by atoms with Gasteiger partial charge in [0, 0.05) is 44.4 Å². The van der Waals surface area contributed by atoms with Crippen LogP contribution in [0.3, 0.4) is 0 Å². The second-order valence-corrected chi connectivity index (χ2v) is 7.81. The molecule has 8 nitrogen and oxygen atoms in total. The number of hydrogen-bond donors (Lipinski definition) is 2. The number of hydrogen-bond acceptors (Lipinski definition) is 6. The van der Waals surface area contributed by atoms with Crippen LogP contribution in [-0.4, -0.2) is 55.3 Å². The van der Waals surface area contributed by atoms with E-state index in [4.69, 9.17) is 4.74 Å². The first kappa shape index (κ1) is 20.0. The molecule has 0 unspecified atom stereocenters. The highest BCUT2D eigenvalue weighted by molar-refractivity contribution is 5.96. The fourth-order valence-corrected chi connectivity index (χ4v) is 4.18. The van der Waals surface area contributed by atoms with E-state index >= 15 is 0 Å². The lowest BCUT2D eigenvalue weighted by Crippen LogP contribution is -2.49. The first-order chi connectivity index (χ1) is 14.5. The second-order valence-electron chi connectivity index (χ2n) is 7.81. The summed E-state index contributed by atoms with van der Waals surface area (Å²) >= 11 is 0. The molecule has 0 aliphatic carbocycles. The third-order valence-electron chi connectivity index (χ3n) is 5.74. The monoisotopic (exact) mass is 410 g/mol. The zero-order chi connectivity index (χ0) is 21.3. The minimum atomic E-state index is -0.295. The van der Waals surface area contributed by atoms with E-state index in [9.17, 15) is 14.8 Å². The van der Waals surface area contributed by atoms with Crippen LogP contribution < -0.4 is 15.3 Å². The van der Waals surface area contributed by atoms with Crippen LogP contribution >= 0.6 is 0 Å². The summed E-state index contributed by atoms with van der Waals surface area (Å²) in [5, 5.41) is 9.62. The number of para-hydroxylation sites is 1. The van der Waals surface area contributed by atoms with Crippen LogP contribution in [0.15, 0.2) is 42.5 Å². The lowest BCUT2D eigenvalue weighted by atomic mass is 9.99. The second kappa shape index (κ2) is 8.23. The Balaban J connectivity index is 1.50. The van der Waals surface area contributed by atoms with E-state index in [1.54, 1.807) is 31.1 Å². The number of rotatable bonds is 4. The Hall–Kier alpha value is -3.26. The lowest BCUT2D eigenvalue weighted by molar-refractivity contribution is 0.0827. The van der Waals surface area contributed by atoms with E-state index in [1.807, 2.05) is 30.3 Å². The Kier molecular flexibility index (Phi) is 5.50. The first-order valence-electron chi connectivity index (χ1n) is 10.0. The average Bonchev–Trinajstić information content (AvgIpc) is 2.78. The van der Waals surface area contributed by atoms with Crippen molar-refractivity contribution in [1.29, 1.82) is 0 Å². The Bertz CT molecular complexity index is 954. The zero-order valence-electron chi connectivity index (χ0n) is 17.2. The Morgan fingerprint density at radius 1 is 1.13 bits per heavy atom. The molecule has 2 heterocycles. The molecule has 30 heavy (non-hydrogen) atoms. The summed E-state index contributed by atoms with van der Waals surface area (Å²) in [5.41, 5.74) is 5.99. The first-order valence-corrected chi connectivity index (χ1v) is 10.0. The molecule has 0 radical (unpaired) electrons. The van der Waals surface area contributed by atoms with Gasteiger partial charge in [-0.15, -0.1) is 0 Å². The van der Waals surface area contributed by atoms with Gasteiger partial charge in [-0.25, -0.2) is 4.79 Å². The summed E-state index contributed by atoms with van der Waals surface area (Å²) in [4.78, 5) is 30.1. The van der Waals surface area contributed by atoms with Gasteiger partial charge >= 0.3 is 6.09 Å². The third-order valence-corrected chi connectivity index (χ3v) is 5.74. The SMILES string of the molecule is CN(C)C(=O)c1ccc(N2CCC(N3C(=O)OCc4ccccc43)CC2)c(NO)c1. The van der Waals surface area contributed by atoms with E-state index in [2.05, 4.69) is 10.4 Å². The maximum Gasteiger partial charge on any atom is 0.414 e. The molecule has 0 spiro atoms. The van der Waals surface area contributed by atoms with Crippen LogP contribution in [0.2, 0.25) is 0 Å². The van der Waals surface area contributed by atoms with Crippen molar-refractivity contribution in [2.45, 2.75) is 25.5 Å². The van der Waals surface area contributed by atoms with Crippen molar-refractivity contribution in [2.75, 3.05) is 42.5 Å². The molecular formula is C22H26N4O4. The summed E-state index contributed by atoms with van der Waals surface area (Å²) in [6, 6.07) is 13.2. The molecule has 0 bridgehead atoms. The van der Waals surface area contributed by atoms with E-state index in [0.717, 1.165) is 29.8 Å². The molecule has 2 aliphatic heterocycles. The number of nitrogens with one attached hydrogen (secondary N) is 1. The lowest BCUT2D eigenvalue weighted by Gasteiger charge is -2.41. The fraction of sp³-hybridized carbons (Fsp3) is 0.364. The highest BCUT2D eigenvalue weighted by Gasteiger charge is 2.34. The zero-order valence-corrected chi connectivity index (χ0v) is 17.2. The normalized spacial score (nSPS) is 16.7. The number of fused-ring (bicyclic) bond motifs is 1. The molecule has 158 valence electrons. The van der Waals surface area contributed by atoms with Crippen molar-refractivity contribution in [3.63, 3.8) is 0 Å². The van der Waals surface area contributed by atoms with E-state index in [-0.39, 0.29) is 18.0 Å². The molecule has 0 atom stereocenters. The number of ether oxygens (including phenoxy) is 1. The van der Waals surface area contributed by atoms with Gasteiger partial charge in [-0.2, -0.15) is 0 Å². The molecule has 2 aromatic carbocycles. The van der Waals surface area contributed by atoms with Gasteiger partial charge in [0.25, 0.3) is 5.91 Å². The molecule has 1 fully saturated rings. The van der Waals surface area contributed by atoms with E-state index in [1.165, 1.54) is 4.90 Å². The van der Waals surface area contributed by atoms with Crippen molar-refractivity contribution in [2.24, 2.45) is 0 Å². The maximum atomic E-state index is 12.5. The van der Waals surface area contributed by atoms with Crippen molar-refractivity contribution < 1.29 is 19.5 Å². The minimum absolute atomic E-state index is 0.0512. The number of amides is 2. The molecule has 4 rings (SSSR count). The number of cyclic esters (lactones) is 1. The van der Waals surface area contributed by atoms with Crippen LogP contribution in [0.25, 0.3) is 0 Å². The van der Waals surface area contributed by atoms with Gasteiger partial charge in [0.2, 0.25) is 0 Å². The Morgan fingerprint density at radius 2 is 1.87 bits per heavy atom. The van der Waals surface area contributed by atoms with Crippen molar-refractivity contribution in [1.82, 2.24) is 4.90 Å². The predicted molar refractivity (Wildman–Crippen MR) is 114 cm³/mol. The van der Waals surface area contributed by atoms with E-state index < -0.39 is 0 Å². The number of piperidine rings is 1. The van der Waals surface area contributed by atoms with Crippen molar-refractivity contribution in [3.05, 3.63) is 53.6 Å². The van der Waals surface area contributed by atoms with Crippen molar-refractivity contribution >= 4 is 29.1 Å². The number of carbonyl (C=O) groups excluding carboxylic acids is 2. The molecule has 2 aromatic rings. The number of anilines is 3. The van der Waals surface area contributed by atoms with Gasteiger partial charge < -0.3 is 14.5 Å². The molecule has 8 heteroatoms. The molecule has 2 amide bonds. The molecule has 1 saturated heterocycles. The smallest absolute Gasteiger partial charge is 0.414 e. The number of carbonyl (C=O) groups is 2. The number of nitrogens with zero attached hydrogens (tertiary/aromatic N) is 3. The van der Waals surface area contributed by atoms with Gasteiger partial charge in [-0.3, -0.25) is 20.4 Å². The fourth-order valence-electron chi connectivity index (χ4n) is 4.18. The summed E-state index contributed by atoms with van der Waals surface area (Å²) in [7, 11) is 3.38. The molecule has 2 aliphatic rings. The van der Waals surface area contributed by atoms with Gasteiger partial charge in [0.05, 0.1) is 17.1 Å². The van der Waals surface area contributed by atoms with Gasteiger partial charge in [-0.1, -0.05) is 18.2 Å². The van der Waals surface area contributed by atoms with Crippen molar-refractivity contribution in [3.8, 4) is 0 Å². The summed E-state index contributed by atoms with van der Waals surface area (Å²) in [6.45, 7) is 1.74. The average molecular weight is 410 g/mol. The molecular weight excluding hydrogens is 384 g/mol. The van der Waals surface area contributed by atoms with Crippen LogP contribution in [0.1, 0.15) is 28.8 Å². The summed E-state index contributed by atoms with van der Waals surface area (Å²) in [5.74, 6) is -0.126. The third kappa shape index (κ3) is 3.66. The number of benzene rings is 2. The molecule has 0 saturated carbocycles. The highest BCUT2D eigenvalue weighted by atomic mass is 16.6. The molecule has 0 aromatic heterocycles. The van der Waals surface area contributed by atoms with Gasteiger partial charge in [0.15, 0.2) is 0 Å². The summed E-state index contributed by atoms with van der Waals surface area (Å²) in [6.07, 6.45) is 1.25.